The van der Waals surface area contributed by atoms with Crippen LogP contribution in [0.1, 0.15) is 44.6 Å². The Kier molecular flexibility index (Phi) is 9.03. The summed E-state index contributed by atoms with van der Waals surface area (Å²) < 4.78 is 36.6. The summed E-state index contributed by atoms with van der Waals surface area (Å²) in [5, 5.41) is -0.361. The fraction of sp³-hybridized carbons (Fsp3) is 0.652. The number of esters is 1. The molecule has 2 heterocycles. The van der Waals surface area contributed by atoms with Crippen LogP contribution < -0.4 is 0 Å². The Morgan fingerprint density at radius 3 is 2.39 bits per heavy atom. The number of rotatable bonds is 11. The van der Waals surface area contributed by atoms with Gasteiger partial charge in [0.05, 0.1) is 18.1 Å². The van der Waals surface area contributed by atoms with Crippen molar-refractivity contribution in [2.24, 2.45) is 13.0 Å². The van der Waals surface area contributed by atoms with E-state index < -0.39 is 59.4 Å². The van der Waals surface area contributed by atoms with Gasteiger partial charge in [-0.1, -0.05) is 45.0 Å². The van der Waals surface area contributed by atoms with E-state index in [9.17, 15) is 22.8 Å². The summed E-state index contributed by atoms with van der Waals surface area (Å²) in [4.78, 5) is 43.9. The quantitative estimate of drug-likeness (QED) is 0.0768. The van der Waals surface area contributed by atoms with Crippen molar-refractivity contribution in [1.29, 1.82) is 0 Å². The lowest BCUT2D eigenvalue weighted by Gasteiger charge is -2.52. The minimum absolute atomic E-state index is 0.0608. The number of likely N-dealkylation sites (tertiary alicyclic amines) is 1. The predicted molar refractivity (Wildman–Crippen MR) is 138 cm³/mol. The van der Waals surface area contributed by atoms with Crippen LogP contribution in [-0.4, -0.2) is 79.4 Å². The second-order valence-electron chi connectivity index (χ2n) is 10.6. The Labute approximate surface area is 219 Å². The van der Waals surface area contributed by atoms with Gasteiger partial charge in [-0.15, -0.1) is 0 Å². The van der Waals surface area contributed by atoms with Gasteiger partial charge >= 0.3 is 5.97 Å². The molecule has 1 unspecified atom stereocenters. The number of Topliss-reactive ketones (excluding diaryl/α,β-unsaturated/α-hetero) is 1. The summed E-state index contributed by atoms with van der Waals surface area (Å²) in [5.41, 5.74) is -1.50. The Morgan fingerprint density at radius 1 is 1.33 bits per heavy atom. The number of aromatic nitrogens is 2. The lowest BCUT2D eigenvalue weighted by Crippen LogP contribution is -2.69. The normalized spacial score (nSPS) is 20.5. The number of ketones is 1. The number of hydrogen-bond donors (Lipinski definition) is 0. The number of β-lactam (4-membered cyclic amide) rings is 1. The van der Waals surface area contributed by atoms with Crippen molar-refractivity contribution >= 4 is 47.4 Å². The highest BCUT2D eigenvalue weighted by molar-refractivity contribution is 7.90. The number of alkyl halides is 1. The number of aryl methyl sites for hydroxylation is 1. The first-order valence-corrected chi connectivity index (χ1v) is 16.7. The maximum atomic E-state index is 13.2. The molecule has 0 radical (unpaired) electrons. The van der Waals surface area contributed by atoms with Crippen LogP contribution in [0.25, 0.3) is 0 Å². The highest BCUT2D eigenvalue weighted by Gasteiger charge is 2.56. The van der Waals surface area contributed by atoms with Gasteiger partial charge in [0.2, 0.25) is 26.4 Å². The molecule has 36 heavy (non-hydrogen) atoms. The highest BCUT2D eigenvalue weighted by atomic mass is 35.5. The lowest BCUT2D eigenvalue weighted by molar-refractivity contribution is -0.172. The van der Waals surface area contributed by atoms with Crippen molar-refractivity contribution in [2.45, 2.75) is 75.1 Å². The molecule has 1 aliphatic rings. The van der Waals surface area contributed by atoms with E-state index in [1.54, 1.807) is 6.92 Å². The van der Waals surface area contributed by atoms with E-state index in [0.29, 0.717) is 0 Å². The zero-order valence-electron chi connectivity index (χ0n) is 22.1. The highest BCUT2D eigenvalue weighted by Crippen LogP contribution is 2.42. The first-order valence-electron chi connectivity index (χ1n) is 11.5. The van der Waals surface area contributed by atoms with Crippen LogP contribution in [0.2, 0.25) is 18.1 Å². The van der Waals surface area contributed by atoms with Crippen LogP contribution in [0.15, 0.2) is 24.0 Å². The van der Waals surface area contributed by atoms with E-state index in [0.717, 1.165) is 11.2 Å². The van der Waals surface area contributed by atoms with Crippen molar-refractivity contribution in [1.82, 2.24) is 14.5 Å². The fourth-order valence-corrected chi connectivity index (χ4v) is 6.44. The smallest absolute Gasteiger partial charge is 0.344 e. The average Bonchev–Trinajstić information content (AvgIpc) is 3.12. The first kappa shape index (κ1) is 30.2. The van der Waals surface area contributed by atoms with Crippen LogP contribution in [0, 0.1) is 5.92 Å². The third kappa shape index (κ3) is 6.27. The van der Waals surface area contributed by atoms with Gasteiger partial charge in [0.25, 0.3) is 0 Å². The number of carbonyl (C=O) groups is 3. The summed E-state index contributed by atoms with van der Waals surface area (Å²) >= 11 is 6.31. The largest absolute Gasteiger partial charge is 0.459 e. The minimum Gasteiger partial charge on any atom is -0.459 e. The number of nitrogens with zero attached hydrogens (tertiary/aromatic N) is 3. The third-order valence-corrected chi connectivity index (χ3v) is 12.7. The summed E-state index contributed by atoms with van der Waals surface area (Å²) in [6.45, 7) is 15.5. The molecule has 1 aliphatic heterocycles. The van der Waals surface area contributed by atoms with Gasteiger partial charge in [0.1, 0.15) is 12.3 Å². The van der Waals surface area contributed by atoms with E-state index in [1.807, 2.05) is 0 Å². The zero-order valence-corrected chi connectivity index (χ0v) is 24.6. The SMILES string of the molecule is C=CCOC(=O)C(Cl)N1C(=O)[C@H]([C@@H](C)O[Si](C)(C)C(C)(C)C)[C@H]1CC(=O)c1cn(C)c(S(C)(=O)=O)n1. The average molecular weight is 562 g/mol. The van der Waals surface area contributed by atoms with E-state index in [4.69, 9.17) is 20.8 Å². The second-order valence-corrected chi connectivity index (χ2v) is 17.7. The summed E-state index contributed by atoms with van der Waals surface area (Å²) in [7, 11) is -4.44. The van der Waals surface area contributed by atoms with Gasteiger partial charge in [-0.05, 0) is 25.1 Å². The number of amides is 1. The maximum Gasteiger partial charge on any atom is 0.344 e. The minimum atomic E-state index is -3.65. The Balaban J connectivity index is 2.37. The molecule has 0 aromatic carbocycles. The van der Waals surface area contributed by atoms with Crippen molar-refractivity contribution < 1.29 is 32.0 Å². The van der Waals surface area contributed by atoms with Crippen molar-refractivity contribution in [3.63, 3.8) is 0 Å². The Morgan fingerprint density at radius 2 is 1.92 bits per heavy atom. The van der Waals surface area contributed by atoms with Crippen LogP contribution in [0.3, 0.4) is 0 Å². The van der Waals surface area contributed by atoms with Crippen molar-refractivity contribution in [3.05, 3.63) is 24.5 Å². The van der Waals surface area contributed by atoms with Gasteiger partial charge in [0.15, 0.2) is 14.1 Å². The molecule has 0 aliphatic carbocycles. The van der Waals surface area contributed by atoms with Crippen LogP contribution in [0.4, 0.5) is 0 Å². The first-order chi connectivity index (χ1) is 16.3. The molecule has 0 N–H and O–H groups in total. The molecule has 0 bridgehead atoms. The van der Waals surface area contributed by atoms with Gasteiger partial charge in [-0.25, -0.2) is 18.2 Å². The number of imidazole rings is 1. The number of ether oxygens (including phenoxy) is 1. The standard InChI is InChI=1S/C23H36ClN3O7SSi/c1-10-11-33-21(30)19(24)27-16(12-17(28)15-13-26(6)22(25-15)35(7,31)32)18(20(27)29)14(2)34-36(8,9)23(3,4)5/h10,13-14,16,18-19H,1,11-12H2,2-9H3/t14-,16-,18-,19?/m1/s1. The van der Waals surface area contributed by atoms with E-state index in [1.165, 1.54) is 23.9 Å². The van der Waals surface area contributed by atoms with E-state index >= 15 is 0 Å². The van der Waals surface area contributed by atoms with Gasteiger partial charge in [-0.2, -0.15) is 0 Å². The molecule has 1 aromatic heterocycles. The van der Waals surface area contributed by atoms with Gasteiger partial charge < -0.3 is 18.6 Å². The summed E-state index contributed by atoms with van der Waals surface area (Å²) in [6.07, 6.45) is 2.93. The lowest BCUT2D eigenvalue weighted by atomic mass is 9.80. The molecular formula is C23H36ClN3O7SSi. The molecule has 1 fully saturated rings. The number of halogens is 1. The van der Waals surface area contributed by atoms with E-state index in [-0.39, 0.29) is 28.9 Å². The molecule has 0 spiro atoms. The predicted octanol–water partition coefficient (Wildman–Crippen LogP) is 2.93. The molecule has 13 heteroatoms. The molecule has 4 atom stereocenters. The maximum absolute atomic E-state index is 13.2. The molecule has 0 saturated carbocycles. The number of hydrogen-bond acceptors (Lipinski definition) is 8. The summed E-state index contributed by atoms with van der Waals surface area (Å²) in [5.74, 6) is -2.48. The topological polar surface area (TPSA) is 125 Å². The Hall–Kier alpha value is -2.02. The molecule has 1 saturated heterocycles. The molecule has 10 nitrogen and oxygen atoms in total. The molecule has 202 valence electrons. The zero-order chi connectivity index (χ0) is 27.8. The molecule has 1 amide bonds. The van der Waals surface area contributed by atoms with Crippen LogP contribution in [0.5, 0.6) is 0 Å². The number of sulfone groups is 1. The molecule has 2 rings (SSSR count). The van der Waals surface area contributed by atoms with Gasteiger partial charge in [-0.3, -0.25) is 9.59 Å². The molecular weight excluding hydrogens is 526 g/mol. The van der Waals surface area contributed by atoms with E-state index in [2.05, 4.69) is 45.4 Å². The fourth-order valence-electron chi connectivity index (χ4n) is 3.87. The second kappa shape index (κ2) is 10.8. The number of carbonyl (C=O) groups excluding carboxylic acids is 3. The van der Waals surface area contributed by atoms with Gasteiger partial charge in [0, 0.05) is 25.9 Å². The molecule has 1 aromatic rings. The van der Waals surface area contributed by atoms with Crippen LogP contribution >= 0.6 is 11.6 Å². The van der Waals surface area contributed by atoms with Crippen molar-refractivity contribution in [2.75, 3.05) is 12.9 Å². The summed E-state index contributed by atoms with van der Waals surface area (Å²) in [6, 6.07) is -0.771. The monoisotopic (exact) mass is 561 g/mol. The third-order valence-electron chi connectivity index (χ3n) is 6.73. The Bertz CT molecular complexity index is 1140. The van der Waals surface area contributed by atoms with Crippen molar-refractivity contribution in [3.8, 4) is 0 Å². The van der Waals surface area contributed by atoms with Crippen LogP contribution in [-0.2, 0) is 35.6 Å².